The lowest BCUT2D eigenvalue weighted by atomic mass is 9.73. The van der Waals surface area contributed by atoms with E-state index < -0.39 is 0 Å². The molecule has 0 aromatic heterocycles. The minimum absolute atomic E-state index is 0.0736. The molecular formula is C18H34N2O. The first-order valence-electron chi connectivity index (χ1n) is 9.15. The molecule has 6 unspecified atom stereocenters. The molecule has 0 aromatic rings. The van der Waals surface area contributed by atoms with Crippen molar-refractivity contribution in [2.24, 2.45) is 23.7 Å². The van der Waals surface area contributed by atoms with Crippen molar-refractivity contribution in [1.29, 1.82) is 0 Å². The SMILES string of the molecule is CC1CC(C)C(CN2CCC3C(CCCN3C)C2)C(O)C1. The zero-order valence-electron chi connectivity index (χ0n) is 14.2. The van der Waals surface area contributed by atoms with Crippen LogP contribution in [-0.2, 0) is 0 Å². The highest BCUT2D eigenvalue weighted by Gasteiger charge is 2.38. The molecule has 2 saturated heterocycles. The van der Waals surface area contributed by atoms with Crippen molar-refractivity contribution in [2.45, 2.75) is 58.1 Å². The molecule has 122 valence electrons. The summed E-state index contributed by atoms with van der Waals surface area (Å²) in [6, 6.07) is 0.823. The molecule has 0 amide bonds. The number of hydrogen-bond donors (Lipinski definition) is 1. The van der Waals surface area contributed by atoms with Crippen molar-refractivity contribution in [3.8, 4) is 0 Å². The lowest BCUT2D eigenvalue weighted by molar-refractivity contribution is -0.0232. The summed E-state index contributed by atoms with van der Waals surface area (Å²) < 4.78 is 0. The van der Waals surface area contributed by atoms with Crippen LogP contribution in [0.5, 0.6) is 0 Å². The topological polar surface area (TPSA) is 26.7 Å². The minimum atomic E-state index is -0.0736. The lowest BCUT2D eigenvalue weighted by Gasteiger charge is -2.48. The van der Waals surface area contributed by atoms with Crippen LogP contribution in [0.1, 0.15) is 46.0 Å². The molecule has 21 heavy (non-hydrogen) atoms. The van der Waals surface area contributed by atoms with Gasteiger partial charge in [-0.1, -0.05) is 13.8 Å². The normalized spacial score (nSPS) is 46.3. The van der Waals surface area contributed by atoms with Gasteiger partial charge in [-0.2, -0.15) is 0 Å². The Hall–Kier alpha value is -0.120. The molecule has 1 saturated carbocycles. The van der Waals surface area contributed by atoms with Crippen LogP contribution in [0.3, 0.4) is 0 Å². The highest BCUT2D eigenvalue weighted by atomic mass is 16.3. The number of aliphatic hydroxyl groups is 1. The van der Waals surface area contributed by atoms with Crippen molar-refractivity contribution in [3.63, 3.8) is 0 Å². The second-order valence-corrected chi connectivity index (χ2v) is 8.28. The Labute approximate surface area is 130 Å². The maximum Gasteiger partial charge on any atom is 0.0585 e. The molecule has 3 aliphatic rings. The van der Waals surface area contributed by atoms with Gasteiger partial charge in [0.1, 0.15) is 0 Å². The second kappa shape index (κ2) is 6.55. The molecule has 0 radical (unpaired) electrons. The Bertz CT molecular complexity index is 336. The summed E-state index contributed by atoms with van der Waals surface area (Å²) >= 11 is 0. The molecule has 3 nitrogen and oxygen atoms in total. The average molecular weight is 294 g/mol. The molecule has 3 rings (SSSR count). The number of nitrogens with zero attached hydrogens (tertiary/aromatic N) is 2. The molecule has 1 aliphatic carbocycles. The average Bonchev–Trinajstić information content (AvgIpc) is 2.43. The Morgan fingerprint density at radius 1 is 1.10 bits per heavy atom. The van der Waals surface area contributed by atoms with E-state index in [1.807, 2.05) is 0 Å². The van der Waals surface area contributed by atoms with Gasteiger partial charge in [-0.15, -0.1) is 0 Å². The predicted octanol–water partition coefficient (Wildman–Crippen LogP) is 2.45. The van der Waals surface area contributed by atoms with E-state index in [-0.39, 0.29) is 6.10 Å². The third-order valence-electron chi connectivity index (χ3n) is 6.54. The second-order valence-electron chi connectivity index (χ2n) is 8.28. The molecule has 0 bridgehead atoms. The standard InChI is InChI=1S/C18H34N2O/c1-13-9-14(2)16(18(21)10-13)12-20-8-6-17-15(11-20)5-4-7-19(17)3/h13-18,21H,4-12H2,1-3H3. The van der Waals surface area contributed by atoms with Crippen molar-refractivity contribution in [3.05, 3.63) is 0 Å². The maximum atomic E-state index is 10.5. The van der Waals surface area contributed by atoms with E-state index in [0.29, 0.717) is 17.8 Å². The zero-order chi connectivity index (χ0) is 15.0. The minimum Gasteiger partial charge on any atom is -0.393 e. The van der Waals surface area contributed by atoms with Crippen LogP contribution in [0.15, 0.2) is 0 Å². The maximum absolute atomic E-state index is 10.5. The van der Waals surface area contributed by atoms with Gasteiger partial charge in [0.05, 0.1) is 6.10 Å². The van der Waals surface area contributed by atoms with Gasteiger partial charge >= 0.3 is 0 Å². The first kappa shape index (κ1) is 15.8. The summed E-state index contributed by atoms with van der Waals surface area (Å²) in [6.45, 7) is 9.56. The van der Waals surface area contributed by atoms with Gasteiger partial charge in [-0.3, -0.25) is 0 Å². The molecule has 6 atom stereocenters. The molecule has 1 N–H and O–H groups in total. The van der Waals surface area contributed by atoms with Crippen LogP contribution in [0.25, 0.3) is 0 Å². The van der Waals surface area contributed by atoms with E-state index in [4.69, 9.17) is 0 Å². The molecule has 3 fully saturated rings. The highest BCUT2D eigenvalue weighted by molar-refractivity contribution is 4.91. The Morgan fingerprint density at radius 3 is 2.67 bits per heavy atom. The summed E-state index contributed by atoms with van der Waals surface area (Å²) in [4.78, 5) is 5.26. The van der Waals surface area contributed by atoms with Gasteiger partial charge in [0.2, 0.25) is 0 Å². The van der Waals surface area contributed by atoms with Crippen molar-refractivity contribution < 1.29 is 5.11 Å². The van der Waals surface area contributed by atoms with E-state index in [9.17, 15) is 5.11 Å². The van der Waals surface area contributed by atoms with Gasteiger partial charge in [0.15, 0.2) is 0 Å². The van der Waals surface area contributed by atoms with Crippen LogP contribution in [-0.4, -0.2) is 60.3 Å². The molecule has 0 aromatic carbocycles. The zero-order valence-corrected chi connectivity index (χ0v) is 14.2. The number of aliphatic hydroxyl groups excluding tert-OH is 1. The predicted molar refractivity (Wildman–Crippen MR) is 87.3 cm³/mol. The third-order valence-corrected chi connectivity index (χ3v) is 6.54. The van der Waals surface area contributed by atoms with Gasteiger partial charge in [-0.05, 0) is 70.0 Å². The molecule has 2 heterocycles. The van der Waals surface area contributed by atoms with Crippen LogP contribution in [0.4, 0.5) is 0 Å². The largest absolute Gasteiger partial charge is 0.393 e. The fourth-order valence-electron chi connectivity index (χ4n) is 5.37. The van der Waals surface area contributed by atoms with Crippen LogP contribution < -0.4 is 0 Å². The monoisotopic (exact) mass is 294 g/mol. The van der Waals surface area contributed by atoms with Crippen LogP contribution in [0.2, 0.25) is 0 Å². The fraction of sp³-hybridized carbons (Fsp3) is 1.00. The van der Waals surface area contributed by atoms with Crippen LogP contribution in [0, 0.1) is 23.7 Å². The Balaban J connectivity index is 1.56. The van der Waals surface area contributed by atoms with Gasteiger partial charge < -0.3 is 14.9 Å². The summed E-state index contributed by atoms with van der Waals surface area (Å²) in [7, 11) is 2.31. The number of piperidine rings is 2. The molecule has 2 aliphatic heterocycles. The van der Waals surface area contributed by atoms with Crippen molar-refractivity contribution in [2.75, 3.05) is 33.2 Å². The van der Waals surface area contributed by atoms with E-state index in [2.05, 4.69) is 30.7 Å². The summed E-state index contributed by atoms with van der Waals surface area (Å²) in [5.41, 5.74) is 0. The molecule has 3 heteroatoms. The lowest BCUT2D eigenvalue weighted by Crippen LogP contribution is -2.54. The van der Waals surface area contributed by atoms with Crippen molar-refractivity contribution in [1.82, 2.24) is 9.80 Å². The smallest absolute Gasteiger partial charge is 0.0585 e. The number of rotatable bonds is 2. The van der Waals surface area contributed by atoms with E-state index >= 15 is 0 Å². The van der Waals surface area contributed by atoms with E-state index in [1.165, 1.54) is 45.3 Å². The van der Waals surface area contributed by atoms with Gasteiger partial charge in [0, 0.05) is 25.0 Å². The Kier molecular flexibility index (Phi) is 4.92. The van der Waals surface area contributed by atoms with Gasteiger partial charge in [0.25, 0.3) is 0 Å². The number of hydrogen-bond acceptors (Lipinski definition) is 3. The molecular weight excluding hydrogens is 260 g/mol. The fourth-order valence-corrected chi connectivity index (χ4v) is 5.37. The summed E-state index contributed by atoms with van der Waals surface area (Å²) in [5, 5.41) is 10.5. The number of likely N-dealkylation sites (tertiary alicyclic amines) is 2. The van der Waals surface area contributed by atoms with Crippen molar-refractivity contribution >= 4 is 0 Å². The quantitative estimate of drug-likeness (QED) is 0.847. The first-order valence-corrected chi connectivity index (χ1v) is 9.15. The third kappa shape index (κ3) is 3.46. The number of fused-ring (bicyclic) bond motifs is 1. The van der Waals surface area contributed by atoms with Gasteiger partial charge in [-0.25, -0.2) is 0 Å². The van der Waals surface area contributed by atoms with E-state index in [0.717, 1.165) is 24.9 Å². The van der Waals surface area contributed by atoms with Crippen LogP contribution >= 0.6 is 0 Å². The summed E-state index contributed by atoms with van der Waals surface area (Å²) in [5.74, 6) is 2.74. The Morgan fingerprint density at radius 2 is 1.90 bits per heavy atom. The molecule has 0 spiro atoms. The summed E-state index contributed by atoms with van der Waals surface area (Å²) in [6.07, 6.45) is 6.34. The first-order chi connectivity index (χ1) is 10.0. The highest BCUT2D eigenvalue weighted by Crippen LogP contribution is 2.36. The van der Waals surface area contributed by atoms with E-state index in [1.54, 1.807) is 0 Å².